The zero-order valence-corrected chi connectivity index (χ0v) is 10.3. The summed E-state index contributed by atoms with van der Waals surface area (Å²) in [6.07, 6.45) is 2.17. The van der Waals surface area contributed by atoms with Gasteiger partial charge < -0.3 is 10.2 Å². The predicted molar refractivity (Wildman–Crippen MR) is 63.6 cm³/mol. The van der Waals surface area contributed by atoms with E-state index in [1.165, 1.54) is 25.4 Å². The molecule has 0 aliphatic carbocycles. The summed E-state index contributed by atoms with van der Waals surface area (Å²) in [5.74, 6) is 1.25. The second-order valence-corrected chi connectivity index (χ2v) is 4.52. The zero-order valence-electron chi connectivity index (χ0n) is 9.47. The fraction of sp³-hybridized carbons (Fsp3) is 1.00. The second-order valence-electron chi connectivity index (χ2n) is 3.54. The molecule has 0 rings (SSSR count). The number of hydrogen-bond donors (Lipinski definition) is 1. The monoisotopic (exact) mass is 204 g/mol. The Hall–Kier alpha value is 0.270. The van der Waals surface area contributed by atoms with E-state index < -0.39 is 0 Å². The number of hydrogen-bond acceptors (Lipinski definition) is 3. The van der Waals surface area contributed by atoms with Crippen LogP contribution in [-0.4, -0.2) is 49.1 Å². The van der Waals surface area contributed by atoms with Crippen LogP contribution in [-0.2, 0) is 0 Å². The third-order valence-corrected chi connectivity index (χ3v) is 2.63. The van der Waals surface area contributed by atoms with Gasteiger partial charge in [-0.05, 0) is 12.8 Å². The molecule has 1 N–H and O–H groups in total. The molecule has 0 saturated heterocycles. The van der Waals surface area contributed by atoms with Gasteiger partial charge in [-0.15, -0.1) is 0 Å². The van der Waals surface area contributed by atoms with Crippen molar-refractivity contribution in [3.8, 4) is 0 Å². The minimum atomic E-state index is 0.610. The second kappa shape index (κ2) is 8.85. The van der Waals surface area contributed by atoms with E-state index in [2.05, 4.69) is 37.2 Å². The Morgan fingerprint density at radius 2 is 2.00 bits per heavy atom. The number of nitrogens with zero attached hydrogens (tertiary/aromatic N) is 1. The average Bonchev–Trinajstić information content (AvgIpc) is 2.10. The van der Waals surface area contributed by atoms with Crippen molar-refractivity contribution >= 4 is 11.8 Å². The average molecular weight is 204 g/mol. The van der Waals surface area contributed by atoms with Crippen LogP contribution >= 0.6 is 11.8 Å². The summed E-state index contributed by atoms with van der Waals surface area (Å²) in [6.45, 7) is 11.3. The molecule has 80 valence electrons. The normalized spacial score (nSPS) is 11.5. The molecule has 3 heteroatoms. The Kier molecular flexibility index (Phi) is 9.03. The molecule has 0 aliphatic heterocycles. The van der Waals surface area contributed by atoms with Crippen molar-refractivity contribution in [2.45, 2.75) is 26.8 Å². The minimum absolute atomic E-state index is 0.610. The van der Waals surface area contributed by atoms with E-state index in [0.717, 1.165) is 6.54 Å². The first-order chi connectivity index (χ1) is 6.20. The molecule has 0 heterocycles. The number of likely N-dealkylation sites (N-methyl/N-ethyl adjacent to an activating group) is 1. The topological polar surface area (TPSA) is 15.3 Å². The van der Waals surface area contributed by atoms with Gasteiger partial charge >= 0.3 is 0 Å². The van der Waals surface area contributed by atoms with Crippen LogP contribution in [0.3, 0.4) is 0 Å². The van der Waals surface area contributed by atoms with Gasteiger partial charge in [-0.3, -0.25) is 0 Å². The van der Waals surface area contributed by atoms with E-state index in [1.807, 2.05) is 11.8 Å². The summed E-state index contributed by atoms with van der Waals surface area (Å²) >= 11 is 1.92. The van der Waals surface area contributed by atoms with Crippen molar-refractivity contribution in [1.29, 1.82) is 0 Å². The maximum absolute atomic E-state index is 3.44. The van der Waals surface area contributed by atoms with Crippen LogP contribution in [0.2, 0.25) is 0 Å². The van der Waals surface area contributed by atoms with Crippen LogP contribution in [0.5, 0.6) is 0 Å². The van der Waals surface area contributed by atoms with E-state index >= 15 is 0 Å². The van der Waals surface area contributed by atoms with Crippen LogP contribution in [0.4, 0.5) is 0 Å². The summed E-state index contributed by atoms with van der Waals surface area (Å²) in [4.78, 5) is 2.49. The highest BCUT2D eigenvalue weighted by Crippen LogP contribution is 1.94. The fourth-order valence-corrected chi connectivity index (χ4v) is 1.60. The van der Waals surface area contributed by atoms with Crippen molar-refractivity contribution in [2.24, 2.45) is 0 Å². The molecule has 0 spiro atoms. The summed E-state index contributed by atoms with van der Waals surface area (Å²) in [5.41, 5.74) is 0. The van der Waals surface area contributed by atoms with E-state index in [1.54, 1.807) is 0 Å². The molecule has 0 fully saturated rings. The van der Waals surface area contributed by atoms with Gasteiger partial charge in [0.05, 0.1) is 0 Å². The van der Waals surface area contributed by atoms with Crippen molar-refractivity contribution in [1.82, 2.24) is 10.2 Å². The number of thioether (sulfide) groups is 1. The first kappa shape index (κ1) is 13.3. The third kappa shape index (κ3) is 8.60. The van der Waals surface area contributed by atoms with Gasteiger partial charge in [0, 0.05) is 31.4 Å². The van der Waals surface area contributed by atoms with Gasteiger partial charge in [-0.2, -0.15) is 11.8 Å². The largest absolute Gasteiger partial charge is 0.313 e. The van der Waals surface area contributed by atoms with Crippen molar-refractivity contribution in [3.63, 3.8) is 0 Å². The van der Waals surface area contributed by atoms with E-state index in [0.29, 0.717) is 6.04 Å². The molecule has 0 radical (unpaired) electrons. The van der Waals surface area contributed by atoms with Crippen molar-refractivity contribution in [2.75, 3.05) is 38.2 Å². The Bertz CT molecular complexity index is 107. The fourth-order valence-electron chi connectivity index (χ4n) is 1.16. The number of rotatable bonds is 8. The van der Waals surface area contributed by atoms with Crippen LogP contribution in [0.15, 0.2) is 0 Å². The molecule has 0 aliphatic rings. The van der Waals surface area contributed by atoms with E-state index in [4.69, 9.17) is 0 Å². The van der Waals surface area contributed by atoms with Crippen LogP contribution < -0.4 is 5.32 Å². The maximum Gasteiger partial charge on any atom is 0.0107 e. The molecule has 2 nitrogen and oxygen atoms in total. The Balaban J connectivity index is 3.36. The van der Waals surface area contributed by atoms with Gasteiger partial charge in [0.15, 0.2) is 0 Å². The van der Waals surface area contributed by atoms with Crippen LogP contribution in [0.25, 0.3) is 0 Å². The van der Waals surface area contributed by atoms with Crippen molar-refractivity contribution < 1.29 is 0 Å². The molecule has 0 unspecified atom stereocenters. The Morgan fingerprint density at radius 1 is 1.31 bits per heavy atom. The molecule has 0 amide bonds. The van der Waals surface area contributed by atoms with Gasteiger partial charge in [0.2, 0.25) is 0 Å². The lowest BCUT2D eigenvalue weighted by atomic mass is 10.4. The lowest BCUT2D eigenvalue weighted by molar-refractivity contribution is 0.301. The molecule has 0 aromatic carbocycles. The van der Waals surface area contributed by atoms with Gasteiger partial charge in [-0.1, -0.05) is 20.8 Å². The summed E-state index contributed by atoms with van der Waals surface area (Å²) in [7, 11) is 0. The Labute approximate surface area is 87.5 Å². The highest BCUT2D eigenvalue weighted by Gasteiger charge is 2.00. The Morgan fingerprint density at radius 3 is 2.46 bits per heavy atom. The molecule has 13 heavy (non-hydrogen) atoms. The standard InChI is InChI=1S/C10H24N2S/c1-5-12(8-9-13-4)7-6-11-10(2)3/h10-11H,5-9H2,1-4H3. The first-order valence-corrected chi connectivity index (χ1v) is 6.54. The van der Waals surface area contributed by atoms with Crippen LogP contribution in [0.1, 0.15) is 20.8 Å². The smallest absolute Gasteiger partial charge is 0.0107 e. The molecule has 0 saturated carbocycles. The van der Waals surface area contributed by atoms with Gasteiger partial charge in [0.1, 0.15) is 0 Å². The van der Waals surface area contributed by atoms with E-state index in [-0.39, 0.29) is 0 Å². The molecular formula is C10H24N2S. The highest BCUT2D eigenvalue weighted by atomic mass is 32.2. The lowest BCUT2D eigenvalue weighted by Crippen LogP contribution is -2.35. The van der Waals surface area contributed by atoms with Gasteiger partial charge in [-0.25, -0.2) is 0 Å². The summed E-state index contributed by atoms with van der Waals surface area (Å²) in [5, 5.41) is 3.44. The lowest BCUT2D eigenvalue weighted by Gasteiger charge is -2.20. The SMILES string of the molecule is CCN(CCNC(C)C)CCSC. The highest BCUT2D eigenvalue weighted by molar-refractivity contribution is 7.98. The summed E-state index contributed by atoms with van der Waals surface area (Å²) < 4.78 is 0. The summed E-state index contributed by atoms with van der Waals surface area (Å²) in [6, 6.07) is 0.610. The quantitative estimate of drug-likeness (QED) is 0.647. The first-order valence-electron chi connectivity index (χ1n) is 5.15. The third-order valence-electron chi connectivity index (χ3n) is 2.04. The molecule has 0 atom stereocenters. The van der Waals surface area contributed by atoms with Gasteiger partial charge in [0.25, 0.3) is 0 Å². The molecule has 0 bridgehead atoms. The molecule has 0 aromatic heterocycles. The van der Waals surface area contributed by atoms with Crippen molar-refractivity contribution in [3.05, 3.63) is 0 Å². The maximum atomic E-state index is 3.44. The predicted octanol–water partition coefficient (Wildman–Crippen LogP) is 1.67. The molecular weight excluding hydrogens is 180 g/mol. The van der Waals surface area contributed by atoms with Crippen LogP contribution in [0, 0.1) is 0 Å². The molecule has 0 aromatic rings. The zero-order chi connectivity index (χ0) is 10.1. The van der Waals surface area contributed by atoms with E-state index in [9.17, 15) is 0 Å². The minimum Gasteiger partial charge on any atom is -0.313 e. The number of nitrogens with one attached hydrogen (secondary N) is 1.